The average Bonchev–Trinajstić information content (AvgIpc) is 3.32. The maximum Gasteiger partial charge on any atom is 0.416 e. The van der Waals surface area contributed by atoms with Gasteiger partial charge in [-0.25, -0.2) is 0 Å². The van der Waals surface area contributed by atoms with Crippen LogP contribution in [0.1, 0.15) is 36.0 Å². The number of carbonyl (C=O) groups is 1. The molecule has 1 atom stereocenters. The highest BCUT2D eigenvalue weighted by Gasteiger charge is 2.34. The summed E-state index contributed by atoms with van der Waals surface area (Å²) in [6.07, 6.45) is 2.20. The average molecular weight is 548 g/mol. The number of alkyl halides is 3. The summed E-state index contributed by atoms with van der Waals surface area (Å²) >= 11 is 7.18. The van der Waals surface area contributed by atoms with Crippen LogP contribution in [0, 0.1) is 0 Å². The van der Waals surface area contributed by atoms with E-state index in [1.54, 1.807) is 18.3 Å². The number of nitrogens with one attached hydrogen (secondary N) is 1. The number of amidine groups is 1. The molecule has 5 rings (SSSR count). The molecule has 1 amide bonds. The lowest BCUT2D eigenvalue weighted by Gasteiger charge is -2.24. The largest absolute Gasteiger partial charge is 0.416 e. The second-order valence-corrected chi connectivity index (χ2v) is 10.6. The number of fused-ring (bicyclic) bond motifs is 1. The summed E-state index contributed by atoms with van der Waals surface area (Å²) in [7, 11) is 1.96. The summed E-state index contributed by atoms with van der Waals surface area (Å²) in [6, 6.07) is 9.62. The molecule has 0 aliphatic carbocycles. The Balaban J connectivity index is 1.35. The van der Waals surface area contributed by atoms with E-state index in [0.29, 0.717) is 16.5 Å². The molecule has 194 valence electrons. The van der Waals surface area contributed by atoms with E-state index in [4.69, 9.17) is 11.6 Å². The van der Waals surface area contributed by atoms with Crippen LogP contribution < -0.4 is 5.32 Å². The first kappa shape index (κ1) is 25.8. The second kappa shape index (κ2) is 10.5. The van der Waals surface area contributed by atoms with Crippen LogP contribution >= 0.6 is 23.4 Å². The number of benzene rings is 2. The Morgan fingerprint density at radius 2 is 2.05 bits per heavy atom. The van der Waals surface area contributed by atoms with Gasteiger partial charge in [-0.2, -0.15) is 23.3 Å². The van der Waals surface area contributed by atoms with E-state index < -0.39 is 11.7 Å². The van der Waals surface area contributed by atoms with E-state index >= 15 is 0 Å². The monoisotopic (exact) mass is 547 g/mol. The Morgan fingerprint density at radius 3 is 2.84 bits per heavy atom. The third-order valence-electron chi connectivity index (χ3n) is 6.62. The number of carbonyl (C=O) groups excluding carboxylic acids is 1. The Bertz CT molecular complexity index is 1400. The number of hydrogen-bond donors (Lipinski definition) is 1. The van der Waals surface area contributed by atoms with Gasteiger partial charge in [0, 0.05) is 29.5 Å². The van der Waals surface area contributed by atoms with Crippen molar-refractivity contribution in [1.82, 2.24) is 20.0 Å². The number of nitrogens with zero attached hydrogens (tertiary/aromatic N) is 4. The molecule has 1 aromatic heterocycles. The predicted octanol–water partition coefficient (Wildman–Crippen LogP) is 5.80. The summed E-state index contributed by atoms with van der Waals surface area (Å²) in [5, 5.41) is 9.17. The molecular weight excluding hydrogens is 523 g/mol. The van der Waals surface area contributed by atoms with Crippen molar-refractivity contribution in [2.24, 2.45) is 4.99 Å². The van der Waals surface area contributed by atoms with Gasteiger partial charge in [-0.1, -0.05) is 30.2 Å². The van der Waals surface area contributed by atoms with Crippen LogP contribution in [0.2, 0.25) is 5.02 Å². The van der Waals surface area contributed by atoms with E-state index in [0.717, 1.165) is 54.5 Å². The molecule has 3 aromatic rings. The van der Waals surface area contributed by atoms with Crippen molar-refractivity contribution in [1.29, 1.82) is 0 Å². The Morgan fingerprint density at radius 1 is 1.22 bits per heavy atom. The fourth-order valence-corrected chi connectivity index (χ4v) is 5.79. The molecule has 2 aromatic carbocycles. The van der Waals surface area contributed by atoms with E-state index in [9.17, 15) is 18.0 Å². The summed E-state index contributed by atoms with van der Waals surface area (Å²) in [5.41, 5.74) is 0.795. The number of amides is 1. The second-order valence-electron chi connectivity index (χ2n) is 9.16. The van der Waals surface area contributed by atoms with E-state index in [1.807, 2.05) is 19.2 Å². The van der Waals surface area contributed by atoms with E-state index in [2.05, 4.69) is 20.3 Å². The minimum Gasteiger partial charge on any atom is -0.349 e. The molecule has 11 heteroatoms. The Kier molecular flexibility index (Phi) is 7.33. The first-order chi connectivity index (χ1) is 17.7. The Hall–Kier alpha value is -2.82. The third-order valence-corrected chi connectivity index (χ3v) is 7.90. The van der Waals surface area contributed by atoms with Gasteiger partial charge in [0.25, 0.3) is 5.91 Å². The van der Waals surface area contributed by atoms with Gasteiger partial charge in [-0.15, -0.1) is 0 Å². The SMILES string of the molecule is CNC1CCCCN(C2=NC(=O)/C(=C/c3ccc4c(cnn4Cc4ccc(Cl)cc4C(F)(F)F)c3)S2)C1. The van der Waals surface area contributed by atoms with Gasteiger partial charge in [0.05, 0.1) is 28.7 Å². The van der Waals surface area contributed by atoms with Gasteiger partial charge in [0.15, 0.2) is 5.17 Å². The third kappa shape index (κ3) is 5.71. The molecule has 1 unspecified atom stereocenters. The lowest BCUT2D eigenvalue weighted by molar-refractivity contribution is -0.138. The summed E-state index contributed by atoms with van der Waals surface area (Å²) < 4.78 is 42.1. The molecule has 1 fully saturated rings. The number of halogens is 4. The van der Waals surface area contributed by atoms with Gasteiger partial charge in [0.1, 0.15) is 0 Å². The number of hydrogen-bond acceptors (Lipinski definition) is 5. The van der Waals surface area contributed by atoms with Gasteiger partial charge < -0.3 is 10.2 Å². The zero-order chi connectivity index (χ0) is 26.2. The van der Waals surface area contributed by atoms with Gasteiger partial charge in [0.2, 0.25) is 0 Å². The number of aromatic nitrogens is 2. The maximum absolute atomic E-state index is 13.5. The van der Waals surface area contributed by atoms with Crippen LogP contribution in [-0.2, 0) is 17.5 Å². The van der Waals surface area contributed by atoms with Gasteiger partial charge in [-0.05, 0) is 73.1 Å². The molecule has 0 radical (unpaired) electrons. The van der Waals surface area contributed by atoms with Crippen LogP contribution in [-0.4, -0.2) is 51.9 Å². The Labute approximate surface area is 221 Å². The van der Waals surface area contributed by atoms with Crippen LogP contribution in [0.25, 0.3) is 17.0 Å². The minimum absolute atomic E-state index is 0.0308. The highest BCUT2D eigenvalue weighted by Crippen LogP contribution is 2.35. The van der Waals surface area contributed by atoms with Crippen molar-refractivity contribution in [3.8, 4) is 0 Å². The van der Waals surface area contributed by atoms with Crippen molar-refractivity contribution in [2.75, 3.05) is 20.1 Å². The predicted molar refractivity (Wildman–Crippen MR) is 142 cm³/mol. The zero-order valence-electron chi connectivity index (χ0n) is 20.1. The smallest absolute Gasteiger partial charge is 0.349 e. The van der Waals surface area contributed by atoms with Crippen molar-refractivity contribution in [2.45, 2.75) is 38.0 Å². The molecule has 37 heavy (non-hydrogen) atoms. The lowest BCUT2D eigenvalue weighted by Crippen LogP contribution is -2.39. The number of likely N-dealkylation sites (tertiary alicyclic amines) is 1. The summed E-state index contributed by atoms with van der Waals surface area (Å²) in [5.74, 6) is -0.261. The van der Waals surface area contributed by atoms with Crippen molar-refractivity contribution >= 4 is 51.4 Å². The number of rotatable bonds is 4. The number of aliphatic imine (C=N–C) groups is 1. The standard InChI is InChI=1S/C26H25ClF3N5OS/c1-31-20-4-2-3-9-34(15-20)25-33-24(36)23(37-25)11-16-5-8-22-18(10-16)13-32-35(22)14-17-6-7-19(27)12-21(17)26(28,29)30/h5-8,10-13,20,31H,2-4,9,14-15H2,1H3/b23-11-. The minimum atomic E-state index is -4.52. The highest BCUT2D eigenvalue weighted by molar-refractivity contribution is 8.18. The molecule has 1 saturated heterocycles. The first-order valence-electron chi connectivity index (χ1n) is 12.0. The molecule has 2 aliphatic rings. The van der Waals surface area contributed by atoms with Crippen LogP contribution in [0.15, 0.2) is 52.5 Å². The normalized spacial score (nSPS) is 20.1. The summed E-state index contributed by atoms with van der Waals surface area (Å²) in [4.78, 5) is 19.7. The van der Waals surface area contributed by atoms with Crippen LogP contribution in [0.3, 0.4) is 0 Å². The molecule has 0 spiro atoms. The molecule has 0 saturated carbocycles. The highest BCUT2D eigenvalue weighted by atomic mass is 35.5. The molecule has 6 nitrogen and oxygen atoms in total. The fourth-order valence-electron chi connectivity index (χ4n) is 4.67. The topological polar surface area (TPSA) is 62.5 Å². The lowest BCUT2D eigenvalue weighted by atomic mass is 10.1. The number of likely N-dealkylation sites (N-methyl/N-ethyl adjacent to an activating group) is 1. The molecule has 3 heterocycles. The van der Waals surface area contributed by atoms with Crippen molar-refractivity contribution in [3.63, 3.8) is 0 Å². The van der Waals surface area contributed by atoms with Crippen molar-refractivity contribution in [3.05, 3.63) is 69.2 Å². The summed E-state index contributed by atoms with van der Waals surface area (Å²) in [6.45, 7) is 1.64. The quantitative estimate of drug-likeness (QED) is 0.418. The van der Waals surface area contributed by atoms with Gasteiger partial charge >= 0.3 is 6.18 Å². The first-order valence-corrected chi connectivity index (χ1v) is 13.2. The fraction of sp³-hybridized carbons (Fsp3) is 0.346. The molecule has 1 N–H and O–H groups in total. The van der Waals surface area contributed by atoms with Crippen LogP contribution in [0.5, 0.6) is 0 Å². The van der Waals surface area contributed by atoms with Gasteiger partial charge in [-0.3, -0.25) is 9.48 Å². The number of thioether (sulfide) groups is 1. The van der Waals surface area contributed by atoms with E-state index in [1.165, 1.54) is 28.6 Å². The van der Waals surface area contributed by atoms with Crippen LogP contribution in [0.4, 0.5) is 13.2 Å². The van der Waals surface area contributed by atoms with E-state index in [-0.39, 0.29) is 23.0 Å². The molecule has 0 bridgehead atoms. The molecular formula is C26H25ClF3N5OS. The molecule has 2 aliphatic heterocycles. The van der Waals surface area contributed by atoms with Crippen molar-refractivity contribution < 1.29 is 18.0 Å². The zero-order valence-corrected chi connectivity index (χ0v) is 21.6. The maximum atomic E-state index is 13.5.